The molecule has 1 fully saturated rings. The molecular formula is C18H23N3O. The minimum absolute atomic E-state index is 0.171. The average molecular weight is 297 g/mol. The number of aromatic nitrogens is 1. The molecule has 116 valence electrons. The van der Waals surface area contributed by atoms with Crippen LogP contribution in [0.5, 0.6) is 0 Å². The van der Waals surface area contributed by atoms with E-state index in [0.717, 1.165) is 48.8 Å². The summed E-state index contributed by atoms with van der Waals surface area (Å²) in [6.45, 7) is 4.70. The lowest BCUT2D eigenvalue weighted by Gasteiger charge is -2.30. The Kier molecular flexibility index (Phi) is 4.50. The Morgan fingerprint density at radius 1 is 1.32 bits per heavy atom. The van der Waals surface area contributed by atoms with E-state index in [1.54, 1.807) is 6.92 Å². The first-order valence-electron chi connectivity index (χ1n) is 7.95. The van der Waals surface area contributed by atoms with E-state index in [0.29, 0.717) is 12.5 Å². The molecule has 1 aliphatic heterocycles. The minimum Gasteiger partial charge on any atom is -0.328 e. The molecule has 22 heavy (non-hydrogen) atoms. The highest BCUT2D eigenvalue weighted by atomic mass is 16.1. The van der Waals surface area contributed by atoms with E-state index in [2.05, 4.69) is 28.1 Å². The first kappa shape index (κ1) is 15.1. The molecule has 2 N–H and O–H groups in total. The number of nitrogens with zero attached hydrogens (tertiary/aromatic N) is 2. The third-order valence-electron chi connectivity index (χ3n) is 4.39. The Balaban J connectivity index is 1.83. The van der Waals surface area contributed by atoms with E-state index in [4.69, 9.17) is 5.73 Å². The molecule has 1 aliphatic rings. The molecule has 4 heteroatoms. The van der Waals surface area contributed by atoms with Gasteiger partial charge in [0.05, 0.1) is 0 Å². The van der Waals surface area contributed by atoms with Gasteiger partial charge in [0, 0.05) is 36.8 Å². The largest absolute Gasteiger partial charge is 0.328 e. The highest BCUT2D eigenvalue weighted by Crippen LogP contribution is 2.22. The number of Topliss-reactive ketones (excluding diaryl/α,β-unsaturated/α-hetero) is 1. The Morgan fingerprint density at radius 2 is 2.09 bits per heavy atom. The quantitative estimate of drug-likeness (QED) is 0.940. The Morgan fingerprint density at radius 3 is 2.82 bits per heavy atom. The highest BCUT2D eigenvalue weighted by molar-refractivity contribution is 5.89. The van der Waals surface area contributed by atoms with Crippen molar-refractivity contribution in [2.75, 3.05) is 13.1 Å². The van der Waals surface area contributed by atoms with Crippen LogP contribution in [0.2, 0.25) is 0 Å². The van der Waals surface area contributed by atoms with E-state index in [1.807, 2.05) is 12.4 Å². The molecule has 0 atom stereocenters. The number of carbonyl (C=O) groups excluding carboxylic acids is 1. The predicted octanol–water partition coefficient (Wildman–Crippen LogP) is 2.29. The number of nitrogens with two attached hydrogens (primary N) is 1. The van der Waals surface area contributed by atoms with Crippen LogP contribution in [0, 0.1) is 0 Å². The zero-order valence-electron chi connectivity index (χ0n) is 13.1. The van der Waals surface area contributed by atoms with Gasteiger partial charge in [-0.15, -0.1) is 0 Å². The monoisotopic (exact) mass is 297 g/mol. The summed E-state index contributed by atoms with van der Waals surface area (Å²) in [4.78, 5) is 18.1. The molecule has 1 aromatic carbocycles. The van der Waals surface area contributed by atoms with E-state index in [1.165, 1.54) is 5.56 Å². The Labute approximate surface area is 131 Å². The molecule has 0 spiro atoms. The maximum atomic E-state index is 11.4. The lowest BCUT2D eigenvalue weighted by atomic mass is 10.0. The second-order valence-corrected chi connectivity index (χ2v) is 6.35. The van der Waals surface area contributed by atoms with Gasteiger partial charge in [-0.1, -0.05) is 12.1 Å². The molecule has 2 heterocycles. The number of likely N-dealkylation sites (tertiary alicyclic amines) is 1. The van der Waals surface area contributed by atoms with E-state index in [9.17, 15) is 4.79 Å². The average Bonchev–Trinajstić information content (AvgIpc) is 2.50. The summed E-state index contributed by atoms with van der Waals surface area (Å²) >= 11 is 0. The molecular weight excluding hydrogens is 274 g/mol. The fourth-order valence-corrected chi connectivity index (χ4v) is 3.15. The van der Waals surface area contributed by atoms with Crippen molar-refractivity contribution in [3.8, 4) is 0 Å². The lowest BCUT2D eigenvalue weighted by Crippen LogP contribution is -2.39. The van der Waals surface area contributed by atoms with Gasteiger partial charge in [0.1, 0.15) is 5.78 Å². The van der Waals surface area contributed by atoms with Crippen LogP contribution in [-0.2, 0) is 17.8 Å². The highest BCUT2D eigenvalue weighted by Gasteiger charge is 2.16. The zero-order valence-corrected chi connectivity index (χ0v) is 13.1. The fourth-order valence-electron chi connectivity index (χ4n) is 3.15. The first-order chi connectivity index (χ1) is 10.6. The van der Waals surface area contributed by atoms with E-state index in [-0.39, 0.29) is 5.78 Å². The first-order valence-corrected chi connectivity index (χ1v) is 7.95. The normalized spacial score (nSPS) is 17.0. The summed E-state index contributed by atoms with van der Waals surface area (Å²) in [5.41, 5.74) is 8.28. The molecule has 4 nitrogen and oxygen atoms in total. The zero-order chi connectivity index (χ0) is 15.5. The Hall–Kier alpha value is -1.78. The molecule has 2 aromatic rings. The van der Waals surface area contributed by atoms with Gasteiger partial charge in [0.25, 0.3) is 0 Å². The SMILES string of the molecule is CC(=O)Cc1cncc2ccc(CN3CCC(N)CC3)cc12. The molecule has 0 saturated carbocycles. The van der Waals surface area contributed by atoms with E-state index < -0.39 is 0 Å². The second kappa shape index (κ2) is 6.55. The number of carbonyl (C=O) groups is 1. The number of rotatable bonds is 4. The number of fused-ring (bicyclic) bond motifs is 1. The third-order valence-corrected chi connectivity index (χ3v) is 4.39. The minimum atomic E-state index is 0.171. The van der Waals surface area contributed by atoms with Gasteiger partial charge in [0.15, 0.2) is 0 Å². The summed E-state index contributed by atoms with van der Waals surface area (Å²) in [5.74, 6) is 0.171. The van der Waals surface area contributed by atoms with Crippen LogP contribution >= 0.6 is 0 Å². The van der Waals surface area contributed by atoms with Crippen LogP contribution in [0.1, 0.15) is 30.9 Å². The van der Waals surface area contributed by atoms with Crippen LogP contribution in [0.3, 0.4) is 0 Å². The van der Waals surface area contributed by atoms with E-state index >= 15 is 0 Å². The number of ketones is 1. The number of pyridine rings is 1. The summed E-state index contributed by atoms with van der Waals surface area (Å²) in [5, 5.41) is 2.25. The lowest BCUT2D eigenvalue weighted by molar-refractivity contribution is -0.116. The molecule has 0 bridgehead atoms. The summed E-state index contributed by atoms with van der Waals surface area (Å²) in [6, 6.07) is 6.85. The van der Waals surface area contributed by atoms with Crippen molar-refractivity contribution in [1.29, 1.82) is 0 Å². The van der Waals surface area contributed by atoms with Crippen LogP contribution in [0.15, 0.2) is 30.6 Å². The van der Waals surface area contributed by atoms with Crippen molar-refractivity contribution in [2.24, 2.45) is 5.73 Å². The standard InChI is InChI=1S/C18H23N3O/c1-13(22)8-16-11-20-10-15-3-2-14(9-18(15)16)12-21-6-4-17(19)5-7-21/h2-3,9-11,17H,4-8,12,19H2,1H3. The second-order valence-electron chi connectivity index (χ2n) is 6.35. The third kappa shape index (κ3) is 3.51. The molecule has 0 aliphatic carbocycles. The molecule has 3 rings (SSSR count). The maximum Gasteiger partial charge on any atom is 0.134 e. The van der Waals surface area contributed by atoms with Gasteiger partial charge in [-0.3, -0.25) is 14.7 Å². The number of hydrogen-bond acceptors (Lipinski definition) is 4. The van der Waals surface area contributed by atoms with Gasteiger partial charge in [0.2, 0.25) is 0 Å². The van der Waals surface area contributed by atoms with Gasteiger partial charge in [-0.05, 0) is 55.4 Å². The summed E-state index contributed by atoms with van der Waals surface area (Å²) in [7, 11) is 0. The van der Waals surface area contributed by atoms with Crippen molar-refractivity contribution >= 4 is 16.6 Å². The fraction of sp³-hybridized carbons (Fsp3) is 0.444. The van der Waals surface area contributed by atoms with Crippen LogP contribution in [0.4, 0.5) is 0 Å². The van der Waals surface area contributed by atoms with Crippen LogP contribution in [-0.4, -0.2) is 34.8 Å². The molecule has 0 amide bonds. The maximum absolute atomic E-state index is 11.4. The molecule has 0 unspecified atom stereocenters. The van der Waals surface area contributed by atoms with Crippen molar-refractivity contribution in [3.05, 3.63) is 41.7 Å². The van der Waals surface area contributed by atoms with Crippen molar-refractivity contribution in [3.63, 3.8) is 0 Å². The van der Waals surface area contributed by atoms with Crippen LogP contribution in [0.25, 0.3) is 10.8 Å². The van der Waals surface area contributed by atoms with Gasteiger partial charge < -0.3 is 5.73 Å². The summed E-state index contributed by atoms with van der Waals surface area (Å²) in [6.07, 6.45) is 6.28. The Bertz CT molecular complexity index is 675. The smallest absolute Gasteiger partial charge is 0.134 e. The van der Waals surface area contributed by atoms with Crippen molar-refractivity contribution in [1.82, 2.24) is 9.88 Å². The molecule has 1 aromatic heterocycles. The summed E-state index contributed by atoms with van der Waals surface area (Å²) < 4.78 is 0. The van der Waals surface area contributed by atoms with Crippen molar-refractivity contribution < 1.29 is 4.79 Å². The van der Waals surface area contributed by atoms with Crippen molar-refractivity contribution in [2.45, 2.75) is 38.8 Å². The molecule has 1 saturated heterocycles. The van der Waals surface area contributed by atoms with Gasteiger partial charge in [-0.25, -0.2) is 0 Å². The predicted molar refractivity (Wildman–Crippen MR) is 88.6 cm³/mol. The topological polar surface area (TPSA) is 59.2 Å². The molecule has 0 radical (unpaired) electrons. The number of piperidine rings is 1. The number of hydrogen-bond donors (Lipinski definition) is 1. The van der Waals surface area contributed by atoms with Gasteiger partial charge in [-0.2, -0.15) is 0 Å². The number of benzene rings is 1. The van der Waals surface area contributed by atoms with Gasteiger partial charge >= 0.3 is 0 Å². The van der Waals surface area contributed by atoms with Crippen LogP contribution < -0.4 is 5.73 Å².